The maximum absolute atomic E-state index is 11.8. The predicted molar refractivity (Wildman–Crippen MR) is 79.9 cm³/mol. The van der Waals surface area contributed by atoms with Crippen LogP contribution in [-0.2, 0) is 11.2 Å². The van der Waals surface area contributed by atoms with Crippen molar-refractivity contribution in [1.29, 1.82) is 0 Å². The van der Waals surface area contributed by atoms with Gasteiger partial charge in [0, 0.05) is 25.1 Å². The van der Waals surface area contributed by atoms with Crippen molar-refractivity contribution < 1.29 is 9.72 Å². The molecule has 0 bridgehead atoms. The third-order valence-electron chi connectivity index (χ3n) is 3.71. The third kappa shape index (κ3) is 3.96. The van der Waals surface area contributed by atoms with Crippen LogP contribution in [0.4, 0.5) is 5.69 Å². The summed E-state index contributed by atoms with van der Waals surface area (Å²) in [4.78, 5) is 21.9. The van der Waals surface area contributed by atoms with Crippen LogP contribution in [-0.4, -0.2) is 23.1 Å². The summed E-state index contributed by atoms with van der Waals surface area (Å²) in [6, 6.07) is 6.41. The Kier molecular flexibility index (Phi) is 4.65. The molecule has 0 aromatic heterocycles. The standard InChI is InChI=1S/C14H18N2O3S/c17-13(9-14(10-20)6-7-14)15-8-5-11-1-3-12(4-2-11)16(18)19/h1-4,20H,5-10H2,(H,15,17). The minimum Gasteiger partial charge on any atom is -0.356 e. The summed E-state index contributed by atoms with van der Waals surface area (Å²) < 4.78 is 0. The van der Waals surface area contributed by atoms with Crippen LogP contribution in [0.25, 0.3) is 0 Å². The highest BCUT2D eigenvalue weighted by Gasteiger charge is 2.42. The number of nitro benzene ring substituents is 1. The van der Waals surface area contributed by atoms with E-state index in [1.54, 1.807) is 12.1 Å². The minimum absolute atomic E-state index is 0.0680. The Balaban J connectivity index is 1.72. The van der Waals surface area contributed by atoms with E-state index >= 15 is 0 Å². The van der Waals surface area contributed by atoms with Gasteiger partial charge in [0.15, 0.2) is 0 Å². The van der Waals surface area contributed by atoms with E-state index in [1.165, 1.54) is 12.1 Å². The fraction of sp³-hybridized carbons (Fsp3) is 0.500. The minimum atomic E-state index is -0.419. The van der Waals surface area contributed by atoms with Crippen molar-refractivity contribution in [1.82, 2.24) is 5.32 Å². The van der Waals surface area contributed by atoms with Gasteiger partial charge < -0.3 is 5.32 Å². The molecule has 20 heavy (non-hydrogen) atoms. The molecule has 0 spiro atoms. The number of hydrogen-bond donors (Lipinski definition) is 2. The predicted octanol–water partition coefficient (Wildman–Crippen LogP) is 2.35. The maximum Gasteiger partial charge on any atom is 0.269 e. The molecule has 0 radical (unpaired) electrons. The lowest BCUT2D eigenvalue weighted by Gasteiger charge is -2.11. The van der Waals surface area contributed by atoms with Crippen molar-refractivity contribution in [2.24, 2.45) is 5.41 Å². The van der Waals surface area contributed by atoms with E-state index in [0.717, 1.165) is 24.2 Å². The molecule has 2 rings (SSSR count). The van der Waals surface area contributed by atoms with Crippen LogP contribution in [0.2, 0.25) is 0 Å². The Morgan fingerprint density at radius 1 is 1.35 bits per heavy atom. The molecular weight excluding hydrogens is 276 g/mol. The molecule has 1 aliphatic rings. The second-order valence-electron chi connectivity index (χ2n) is 5.36. The third-order valence-corrected chi connectivity index (χ3v) is 4.38. The largest absolute Gasteiger partial charge is 0.356 e. The topological polar surface area (TPSA) is 72.2 Å². The van der Waals surface area contributed by atoms with Crippen molar-refractivity contribution in [2.75, 3.05) is 12.3 Å². The number of carbonyl (C=O) groups excluding carboxylic acids is 1. The zero-order valence-corrected chi connectivity index (χ0v) is 12.1. The maximum atomic E-state index is 11.8. The normalized spacial score (nSPS) is 15.7. The number of nitro groups is 1. The molecule has 0 heterocycles. The van der Waals surface area contributed by atoms with Gasteiger partial charge in [-0.15, -0.1) is 0 Å². The van der Waals surface area contributed by atoms with Crippen molar-refractivity contribution in [3.05, 3.63) is 39.9 Å². The lowest BCUT2D eigenvalue weighted by atomic mass is 10.1. The van der Waals surface area contributed by atoms with Crippen LogP contribution in [0.15, 0.2) is 24.3 Å². The molecule has 1 aliphatic carbocycles. The fourth-order valence-electron chi connectivity index (χ4n) is 2.10. The van der Waals surface area contributed by atoms with Crippen LogP contribution in [0.3, 0.4) is 0 Å². The molecule has 1 aromatic carbocycles. The van der Waals surface area contributed by atoms with Gasteiger partial charge in [-0.25, -0.2) is 0 Å². The summed E-state index contributed by atoms with van der Waals surface area (Å²) in [5.74, 6) is 0.835. The molecule has 108 valence electrons. The molecule has 0 unspecified atom stereocenters. The van der Waals surface area contributed by atoms with E-state index in [4.69, 9.17) is 0 Å². The number of non-ortho nitro benzene ring substituents is 1. The Morgan fingerprint density at radius 3 is 2.50 bits per heavy atom. The fourth-order valence-corrected chi connectivity index (χ4v) is 2.53. The number of nitrogens with one attached hydrogen (secondary N) is 1. The first-order chi connectivity index (χ1) is 9.54. The van der Waals surface area contributed by atoms with E-state index < -0.39 is 4.92 Å². The molecule has 1 aromatic rings. The van der Waals surface area contributed by atoms with E-state index in [9.17, 15) is 14.9 Å². The zero-order chi connectivity index (χ0) is 14.6. The molecule has 1 fully saturated rings. The van der Waals surface area contributed by atoms with Crippen LogP contribution in [0.1, 0.15) is 24.8 Å². The van der Waals surface area contributed by atoms with Gasteiger partial charge in [-0.1, -0.05) is 12.1 Å². The average molecular weight is 294 g/mol. The summed E-state index contributed by atoms with van der Waals surface area (Å²) in [6.45, 7) is 0.555. The summed E-state index contributed by atoms with van der Waals surface area (Å²) in [6.07, 6.45) is 3.41. The highest BCUT2D eigenvalue weighted by Crippen LogP contribution is 2.49. The van der Waals surface area contributed by atoms with Crippen LogP contribution in [0, 0.1) is 15.5 Å². The van der Waals surface area contributed by atoms with Crippen LogP contribution >= 0.6 is 12.6 Å². The molecule has 1 saturated carbocycles. The first-order valence-electron chi connectivity index (χ1n) is 6.66. The Labute approximate surface area is 123 Å². The Morgan fingerprint density at radius 2 is 2.00 bits per heavy atom. The van der Waals surface area contributed by atoms with Gasteiger partial charge in [0.2, 0.25) is 5.91 Å². The number of thiol groups is 1. The second kappa shape index (κ2) is 6.26. The van der Waals surface area contributed by atoms with Gasteiger partial charge in [0.05, 0.1) is 4.92 Å². The van der Waals surface area contributed by atoms with E-state index in [2.05, 4.69) is 17.9 Å². The molecular formula is C14H18N2O3S. The summed E-state index contributed by atoms with van der Waals surface area (Å²) >= 11 is 4.28. The Bertz CT molecular complexity index is 498. The van der Waals surface area contributed by atoms with Crippen LogP contribution in [0.5, 0.6) is 0 Å². The average Bonchev–Trinajstić information content (AvgIpc) is 3.19. The molecule has 1 N–H and O–H groups in total. The first kappa shape index (κ1) is 14.8. The number of nitrogens with zero attached hydrogens (tertiary/aromatic N) is 1. The number of hydrogen-bond acceptors (Lipinski definition) is 4. The smallest absolute Gasteiger partial charge is 0.269 e. The van der Waals surface area contributed by atoms with Crippen LogP contribution < -0.4 is 5.32 Å². The number of rotatable bonds is 7. The van der Waals surface area contributed by atoms with E-state index in [0.29, 0.717) is 19.4 Å². The van der Waals surface area contributed by atoms with Gasteiger partial charge in [0.25, 0.3) is 5.69 Å². The number of amides is 1. The quantitative estimate of drug-likeness (QED) is 0.460. The summed E-state index contributed by atoms with van der Waals surface area (Å²) in [5.41, 5.74) is 1.20. The molecule has 0 saturated heterocycles. The van der Waals surface area contributed by atoms with E-state index in [1.807, 2.05) is 0 Å². The van der Waals surface area contributed by atoms with Gasteiger partial charge in [-0.2, -0.15) is 12.6 Å². The van der Waals surface area contributed by atoms with E-state index in [-0.39, 0.29) is 17.0 Å². The summed E-state index contributed by atoms with van der Waals surface area (Å²) in [7, 11) is 0. The molecule has 0 atom stereocenters. The zero-order valence-electron chi connectivity index (χ0n) is 11.2. The van der Waals surface area contributed by atoms with Crippen molar-refractivity contribution in [3.8, 4) is 0 Å². The first-order valence-corrected chi connectivity index (χ1v) is 7.29. The highest BCUT2D eigenvalue weighted by molar-refractivity contribution is 7.80. The second-order valence-corrected chi connectivity index (χ2v) is 5.67. The number of benzene rings is 1. The molecule has 5 nitrogen and oxygen atoms in total. The monoisotopic (exact) mass is 294 g/mol. The molecule has 0 aliphatic heterocycles. The SMILES string of the molecule is O=C(CC1(CS)CC1)NCCc1ccc([N+](=O)[O-])cc1. The van der Waals surface area contributed by atoms with Crippen molar-refractivity contribution in [3.63, 3.8) is 0 Å². The van der Waals surface area contributed by atoms with Gasteiger partial charge in [0.1, 0.15) is 0 Å². The lowest BCUT2D eigenvalue weighted by molar-refractivity contribution is -0.384. The summed E-state index contributed by atoms with van der Waals surface area (Å²) in [5, 5.41) is 13.4. The van der Waals surface area contributed by atoms with Crippen molar-refractivity contribution in [2.45, 2.75) is 25.7 Å². The highest BCUT2D eigenvalue weighted by atomic mass is 32.1. The molecule has 1 amide bonds. The lowest BCUT2D eigenvalue weighted by Crippen LogP contribution is -2.28. The molecule has 6 heteroatoms. The van der Waals surface area contributed by atoms with Gasteiger partial charge in [-0.05, 0) is 36.0 Å². The Hall–Kier alpha value is -1.56. The number of carbonyl (C=O) groups is 1. The van der Waals surface area contributed by atoms with Gasteiger partial charge in [-0.3, -0.25) is 14.9 Å². The van der Waals surface area contributed by atoms with Crippen molar-refractivity contribution >= 4 is 24.2 Å². The van der Waals surface area contributed by atoms with Gasteiger partial charge >= 0.3 is 0 Å².